The van der Waals surface area contributed by atoms with Gasteiger partial charge in [-0.2, -0.15) is 0 Å². The van der Waals surface area contributed by atoms with Gasteiger partial charge in [0.25, 0.3) is 0 Å². The summed E-state index contributed by atoms with van der Waals surface area (Å²) in [5.74, 6) is -0.598. The molecule has 19 heavy (non-hydrogen) atoms. The first kappa shape index (κ1) is 11.6. The van der Waals surface area contributed by atoms with E-state index >= 15 is 0 Å². The molecule has 0 bridgehead atoms. The molecule has 0 saturated heterocycles. The Morgan fingerprint density at radius 2 is 2.37 bits per heavy atom. The molecule has 0 radical (unpaired) electrons. The van der Waals surface area contributed by atoms with Gasteiger partial charge in [0.2, 0.25) is 0 Å². The van der Waals surface area contributed by atoms with Crippen LogP contribution in [0.25, 0.3) is 11.8 Å². The summed E-state index contributed by atoms with van der Waals surface area (Å²) < 4.78 is 26.9. The van der Waals surface area contributed by atoms with Crippen LogP contribution in [0.1, 0.15) is 12.6 Å². The molecule has 1 aromatic heterocycles. The first-order valence-electron chi connectivity index (χ1n) is 6.08. The maximum atomic E-state index is 13.1. The molecule has 0 N–H and O–H groups in total. The van der Waals surface area contributed by atoms with Gasteiger partial charge in [-0.1, -0.05) is 6.07 Å². The molecule has 2 aromatic rings. The van der Waals surface area contributed by atoms with Crippen LogP contribution < -0.4 is 4.74 Å². The van der Waals surface area contributed by atoms with Crippen molar-refractivity contribution < 1.29 is 15.3 Å². The molecule has 0 aliphatic carbocycles. The van der Waals surface area contributed by atoms with Gasteiger partial charge in [0.1, 0.15) is 7.12 Å². The summed E-state index contributed by atoms with van der Waals surface area (Å²) in [7, 11) is 1.50. The molecule has 0 unspecified atom stereocenters. The summed E-state index contributed by atoms with van der Waals surface area (Å²) in [6.45, 7) is 1.87. The number of methoxy groups -OCH3 is 1. The molecule has 0 aliphatic rings. The standard InChI is InChI=1S/C14H13FN2O2/c1-10-7-17(9-16-10)13-4-3-11(5-12(15)8-18)6-14(13)19-2/h3-9H,1-2H3/b12-5+/i8D. The average molecular weight is 261 g/mol. The van der Waals surface area contributed by atoms with E-state index in [4.69, 9.17) is 6.11 Å². The molecule has 0 fully saturated rings. The minimum atomic E-state index is -1.35. The van der Waals surface area contributed by atoms with Crippen molar-refractivity contribution in [2.24, 2.45) is 0 Å². The molecule has 2 rings (SSSR count). The fraction of sp³-hybridized carbons (Fsp3) is 0.143. The van der Waals surface area contributed by atoms with Gasteiger partial charge in [0.15, 0.2) is 12.1 Å². The smallest absolute Gasteiger partial charge is 0.178 e. The van der Waals surface area contributed by atoms with E-state index in [-0.39, 0.29) is 0 Å². The quantitative estimate of drug-likeness (QED) is 0.628. The Morgan fingerprint density at radius 3 is 2.95 bits per heavy atom. The topological polar surface area (TPSA) is 44.1 Å². The number of imidazole rings is 1. The van der Waals surface area contributed by atoms with E-state index < -0.39 is 12.1 Å². The van der Waals surface area contributed by atoms with Crippen LogP contribution in [-0.4, -0.2) is 22.9 Å². The molecular formula is C14H13FN2O2. The number of carbonyl (C=O) groups excluding carboxylic acids is 1. The van der Waals surface area contributed by atoms with Crippen molar-refractivity contribution in [3.8, 4) is 11.4 Å². The second kappa shape index (κ2) is 5.48. The molecule has 4 nitrogen and oxygen atoms in total. The Morgan fingerprint density at radius 1 is 1.58 bits per heavy atom. The van der Waals surface area contributed by atoms with Crippen LogP contribution >= 0.6 is 0 Å². The molecule has 0 amide bonds. The van der Waals surface area contributed by atoms with Gasteiger partial charge in [0, 0.05) is 6.20 Å². The van der Waals surface area contributed by atoms with Crippen LogP contribution in [0.15, 0.2) is 36.6 Å². The third-order valence-electron chi connectivity index (χ3n) is 2.58. The number of benzene rings is 1. The average Bonchev–Trinajstić information content (AvgIpc) is 2.84. The lowest BCUT2D eigenvalue weighted by Gasteiger charge is -2.09. The zero-order chi connectivity index (χ0) is 14.7. The van der Waals surface area contributed by atoms with E-state index in [1.807, 2.05) is 13.1 Å². The summed E-state index contributed by atoms with van der Waals surface area (Å²) >= 11 is 0. The number of carbonyl (C=O) groups is 1. The molecule has 1 aromatic carbocycles. The fourth-order valence-electron chi connectivity index (χ4n) is 1.73. The van der Waals surface area contributed by atoms with E-state index in [1.165, 1.54) is 7.11 Å². The first-order valence-corrected chi connectivity index (χ1v) is 5.58. The zero-order valence-corrected chi connectivity index (χ0v) is 10.6. The van der Waals surface area contributed by atoms with Crippen molar-refractivity contribution in [1.82, 2.24) is 9.55 Å². The van der Waals surface area contributed by atoms with Crippen LogP contribution in [0.3, 0.4) is 0 Å². The van der Waals surface area contributed by atoms with Crippen LogP contribution in [0.5, 0.6) is 5.75 Å². The molecule has 0 aliphatic heterocycles. The third kappa shape index (κ3) is 2.88. The third-order valence-corrected chi connectivity index (χ3v) is 2.58. The number of hydrogen-bond acceptors (Lipinski definition) is 3. The van der Waals surface area contributed by atoms with Crippen molar-refractivity contribution in [1.29, 1.82) is 0 Å². The zero-order valence-electron chi connectivity index (χ0n) is 11.6. The van der Waals surface area contributed by atoms with Crippen LogP contribution in [-0.2, 0) is 4.79 Å². The van der Waals surface area contributed by atoms with Crippen molar-refractivity contribution in [2.75, 3.05) is 7.11 Å². The maximum absolute atomic E-state index is 13.1. The van der Waals surface area contributed by atoms with Gasteiger partial charge in [-0.3, -0.25) is 4.79 Å². The molecule has 1 heterocycles. The van der Waals surface area contributed by atoms with Crippen LogP contribution in [0.4, 0.5) is 4.39 Å². The predicted octanol–water partition coefficient (Wildman–Crippen LogP) is 2.70. The first-order chi connectivity index (χ1) is 9.51. The van der Waals surface area contributed by atoms with E-state index in [1.54, 1.807) is 29.1 Å². The monoisotopic (exact) mass is 261 g/mol. The summed E-state index contributed by atoms with van der Waals surface area (Å²) in [6.07, 6.45) is 3.14. The molecule has 0 atom stereocenters. The van der Waals surface area contributed by atoms with E-state index in [2.05, 4.69) is 4.98 Å². The second-order valence-electron chi connectivity index (χ2n) is 3.95. The number of ether oxygens (including phenoxy) is 1. The summed E-state index contributed by atoms with van der Waals surface area (Å²) in [5, 5.41) is 0. The summed E-state index contributed by atoms with van der Waals surface area (Å²) in [5.41, 5.74) is 2.06. The van der Waals surface area contributed by atoms with E-state index in [0.29, 0.717) is 11.3 Å². The minimum Gasteiger partial charge on any atom is -0.495 e. The molecule has 0 saturated carbocycles. The molecular weight excluding hydrogens is 247 g/mol. The van der Waals surface area contributed by atoms with Gasteiger partial charge < -0.3 is 9.30 Å². The van der Waals surface area contributed by atoms with Crippen molar-refractivity contribution in [3.05, 3.63) is 47.8 Å². The highest BCUT2D eigenvalue weighted by atomic mass is 19.1. The number of rotatable bonds is 4. The number of hydrogen-bond donors (Lipinski definition) is 0. The normalized spacial score (nSPS) is 12.2. The fourth-order valence-corrected chi connectivity index (χ4v) is 1.73. The SMILES string of the molecule is [2H]C(=O)/C(F)=C\c1ccc(-n2cnc(C)c2)c(OC)c1. The Bertz CT molecular complexity index is 680. The number of aryl methyl sites for hydroxylation is 1. The lowest BCUT2D eigenvalue weighted by Crippen LogP contribution is -1.96. The summed E-state index contributed by atoms with van der Waals surface area (Å²) in [4.78, 5) is 14.7. The van der Waals surface area contributed by atoms with Crippen LogP contribution in [0, 0.1) is 6.92 Å². The van der Waals surface area contributed by atoms with Gasteiger partial charge in [-0.25, -0.2) is 9.37 Å². The lowest BCUT2D eigenvalue weighted by atomic mass is 10.1. The maximum Gasteiger partial charge on any atom is 0.178 e. The van der Waals surface area contributed by atoms with E-state index in [9.17, 15) is 9.18 Å². The predicted molar refractivity (Wildman–Crippen MR) is 70.0 cm³/mol. The highest BCUT2D eigenvalue weighted by Gasteiger charge is 2.07. The second-order valence-corrected chi connectivity index (χ2v) is 3.95. The number of aromatic nitrogens is 2. The Kier molecular flexibility index (Phi) is 3.36. The number of nitrogens with zero attached hydrogens (tertiary/aromatic N) is 2. The van der Waals surface area contributed by atoms with Gasteiger partial charge in [-0.15, -0.1) is 0 Å². The van der Waals surface area contributed by atoms with Crippen molar-refractivity contribution in [2.45, 2.75) is 6.92 Å². The largest absolute Gasteiger partial charge is 0.495 e. The molecule has 0 spiro atoms. The van der Waals surface area contributed by atoms with Gasteiger partial charge in [0.05, 0.1) is 24.8 Å². The van der Waals surface area contributed by atoms with Crippen molar-refractivity contribution in [3.63, 3.8) is 0 Å². The Balaban J connectivity index is 2.43. The van der Waals surface area contributed by atoms with Crippen LogP contribution in [0.2, 0.25) is 0 Å². The van der Waals surface area contributed by atoms with E-state index in [0.717, 1.165) is 17.5 Å². The molecule has 98 valence electrons. The summed E-state index contributed by atoms with van der Waals surface area (Å²) in [6, 6.07) is 4.95. The minimum absolute atomic E-state index is 0.445. The Labute approximate surface area is 111 Å². The highest BCUT2D eigenvalue weighted by molar-refractivity contribution is 5.79. The highest BCUT2D eigenvalue weighted by Crippen LogP contribution is 2.25. The molecule has 5 heteroatoms. The number of aldehydes is 1. The lowest BCUT2D eigenvalue weighted by molar-refractivity contribution is -0.106. The van der Waals surface area contributed by atoms with Gasteiger partial charge in [-0.05, 0) is 30.7 Å². The Hall–Kier alpha value is -2.43. The number of halogens is 1. The van der Waals surface area contributed by atoms with Crippen molar-refractivity contribution >= 4 is 12.3 Å². The van der Waals surface area contributed by atoms with Gasteiger partial charge >= 0.3 is 0 Å². The number of allylic oxidation sites excluding steroid dienone is 1.